The number of hydrogen-bond acceptors (Lipinski definition) is 9. The third-order valence-corrected chi connectivity index (χ3v) is 4.25. The number of carbonyl (C=O) groups excluding carboxylic acids is 2. The van der Waals surface area contributed by atoms with E-state index in [-0.39, 0.29) is 24.5 Å². The highest BCUT2D eigenvalue weighted by molar-refractivity contribution is 5.95. The van der Waals surface area contributed by atoms with Crippen LogP contribution in [0, 0.1) is 0 Å². The van der Waals surface area contributed by atoms with E-state index >= 15 is 0 Å². The first kappa shape index (κ1) is 25.6. The maximum absolute atomic E-state index is 11.2. The van der Waals surface area contributed by atoms with Gasteiger partial charge >= 0.3 is 6.09 Å². The molecule has 33 heavy (non-hydrogen) atoms. The molecular formula is C22H29N3O8. The number of carbonyl (C=O) groups is 2. The Kier molecular flexibility index (Phi) is 10.6. The summed E-state index contributed by atoms with van der Waals surface area (Å²) in [5, 5.41) is 25.1. The molecule has 1 unspecified atom stereocenters. The summed E-state index contributed by atoms with van der Waals surface area (Å²) in [5.74, 6) is 0.655. The van der Waals surface area contributed by atoms with Crippen LogP contribution in [0.5, 0.6) is 23.0 Å². The first-order valence-corrected chi connectivity index (χ1v) is 10.2. The van der Waals surface area contributed by atoms with Crippen LogP contribution < -0.4 is 30.6 Å². The molecule has 0 radical (unpaired) electrons. The van der Waals surface area contributed by atoms with Crippen molar-refractivity contribution >= 4 is 12.0 Å². The van der Waals surface area contributed by atoms with Gasteiger partial charge in [0.2, 0.25) is 0 Å². The van der Waals surface area contributed by atoms with Gasteiger partial charge < -0.3 is 45.5 Å². The number of amides is 2. The van der Waals surface area contributed by atoms with E-state index in [4.69, 9.17) is 19.9 Å². The molecule has 11 nitrogen and oxygen atoms in total. The predicted molar refractivity (Wildman–Crippen MR) is 119 cm³/mol. The zero-order chi connectivity index (χ0) is 24.1. The van der Waals surface area contributed by atoms with Crippen molar-refractivity contribution in [2.45, 2.75) is 6.10 Å². The molecule has 1 atom stereocenters. The van der Waals surface area contributed by atoms with Crippen LogP contribution in [0.4, 0.5) is 4.79 Å². The molecule has 6 N–H and O–H groups in total. The Morgan fingerprint density at radius 2 is 1.58 bits per heavy atom. The lowest BCUT2D eigenvalue weighted by Gasteiger charge is -2.14. The fourth-order valence-corrected chi connectivity index (χ4v) is 2.59. The highest BCUT2D eigenvalue weighted by atomic mass is 16.5. The minimum absolute atomic E-state index is 0.0109. The van der Waals surface area contributed by atoms with Crippen molar-refractivity contribution in [3.63, 3.8) is 0 Å². The molecule has 2 amide bonds. The number of aromatic hydroxyl groups is 1. The summed E-state index contributed by atoms with van der Waals surface area (Å²) in [6.07, 6.45) is -1.25. The number of hydrogen-bond donors (Lipinski definition) is 5. The first-order chi connectivity index (χ1) is 15.9. The number of aliphatic hydroxyl groups excluding tert-OH is 1. The molecule has 0 aliphatic carbocycles. The van der Waals surface area contributed by atoms with Crippen LogP contribution in [0.15, 0.2) is 42.5 Å². The topological polar surface area (TPSA) is 162 Å². The van der Waals surface area contributed by atoms with Crippen LogP contribution in [0.3, 0.4) is 0 Å². The maximum Gasteiger partial charge on any atom is 0.406 e. The molecule has 11 heteroatoms. The second-order valence-electron chi connectivity index (χ2n) is 6.80. The molecule has 0 saturated carbocycles. The zero-order valence-electron chi connectivity index (χ0n) is 18.3. The van der Waals surface area contributed by atoms with Gasteiger partial charge in [-0.3, -0.25) is 4.79 Å². The highest BCUT2D eigenvalue weighted by Crippen LogP contribution is 2.22. The lowest BCUT2D eigenvalue weighted by Crippen LogP contribution is -2.33. The SMILES string of the molecule is COC(=O)NCCOc1ccc(OCC(O)CNCCOc2ccc(O)c(C(N)=O)c2)cc1. The Labute approximate surface area is 191 Å². The summed E-state index contributed by atoms with van der Waals surface area (Å²) in [6.45, 7) is 1.73. The summed E-state index contributed by atoms with van der Waals surface area (Å²) < 4.78 is 21.0. The first-order valence-electron chi connectivity index (χ1n) is 10.2. The Morgan fingerprint density at radius 3 is 2.24 bits per heavy atom. The standard InChI is InChI=1S/C22H29N3O8/c1-30-22(29)25-9-11-31-16-2-4-17(5-3-16)33-14-15(26)13-24-8-10-32-18-6-7-20(27)19(12-18)21(23)28/h2-7,12,15,24,26-27H,8-11,13-14H2,1H3,(H2,23,28)(H,25,29). The van der Waals surface area contributed by atoms with Gasteiger partial charge in [-0.15, -0.1) is 0 Å². The maximum atomic E-state index is 11.2. The number of ether oxygens (including phenoxy) is 4. The molecular weight excluding hydrogens is 434 g/mol. The fraction of sp³-hybridized carbons (Fsp3) is 0.364. The van der Waals surface area contributed by atoms with Gasteiger partial charge in [-0.1, -0.05) is 0 Å². The fourth-order valence-electron chi connectivity index (χ4n) is 2.59. The third kappa shape index (κ3) is 9.54. The average molecular weight is 463 g/mol. The van der Waals surface area contributed by atoms with E-state index in [0.29, 0.717) is 43.5 Å². The van der Waals surface area contributed by atoms with Gasteiger partial charge in [0, 0.05) is 13.1 Å². The Morgan fingerprint density at radius 1 is 0.970 bits per heavy atom. The largest absolute Gasteiger partial charge is 0.507 e. The van der Waals surface area contributed by atoms with Gasteiger partial charge in [-0.05, 0) is 42.5 Å². The average Bonchev–Trinajstić information content (AvgIpc) is 2.81. The molecule has 2 aromatic carbocycles. The van der Waals surface area contributed by atoms with Gasteiger partial charge in [0.1, 0.15) is 48.9 Å². The van der Waals surface area contributed by atoms with Crippen LogP contribution in [-0.4, -0.2) is 74.9 Å². The number of rotatable bonds is 14. The summed E-state index contributed by atoms with van der Waals surface area (Å²) in [4.78, 5) is 22.2. The molecule has 2 rings (SSSR count). The van der Waals surface area contributed by atoms with E-state index in [1.807, 2.05) is 0 Å². The smallest absolute Gasteiger partial charge is 0.406 e. The van der Waals surface area contributed by atoms with E-state index < -0.39 is 18.1 Å². The van der Waals surface area contributed by atoms with Crippen molar-refractivity contribution in [1.29, 1.82) is 0 Å². The number of aliphatic hydroxyl groups is 1. The lowest BCUT2D eigenvalue weighted by molar-refractivity contribution is 0.0996. The highest BCUT2D eigenvalue weighted by Gasteiger charge is 2.09. The van der Waals surface area contributed by atoms with Crippen molar-refractivity contribution in [3.8, 4) is 23.0 Å². The Balaban J connectivity index is 1.58. The second kappa shape index (κ2) is 13.7. The van der Waals surface area contributed by atoms with Crippen LogP contribution in [0.2, 0.25) is 0 Å². The molecule has 0 fully saturated rings. The van der Waals surface area contributed by atoms with E-state index in [1.165, 1.54) is 25.3 Å². The summed E-state index contributed by atoms with van der Waals surface area (Å²) in [5.41, 5.74) is 5.17. The van der Waals surface area contributed by atoms with Gasteiger partial charge in [0.25, 0.3) is 5.91 Å². The monoisotopic (exact) mass is 463 g/mol. The minimum atomic E-state index is -0.741. The molecule has 0 heterocycles. The van der Waals surface area contributed by atoms with Gasteiger partial charge in [0.15, 0.2) is 0 Å². The van der Waals surface area contributed by atoms with Gasteiger partial charge in [-0.25, -0.2) is 4.79 Å². The van der Waals surface area contributed by atoms with Crippen molar-refractivity contribution in [2.75, 3.05) is 46.6 Å². The van der Waals surface area contributed by atoms with Crippen LogP contribution >= 0.6 is 0 Å². The van der Waals surface area contributed by atoms with Crippen molar-refractivity contribution in [1.82, 2.24) is 10.6 Å². The molecule has 2 aromatic rings. The van der Waals surface area contributed by atoms with Crippen LogP contribution in [-0.2, 0) is 4.74 Å². The van der Waals surface area contributed by atoms with Crippen LogP contribution in [0.1, 0.15) is 10.4 Å². The van der Waals surface area contributed by atoms with Crippen LogP contribution in [0.25, 0.3) is 0 Å². The molecule has 0 aromatic heterocycles. The van der Waals surface area contributed by atoms with Gasteiger partial charge in [0.05, 0.1) is 19.2 Å². The Hall–Kier alpha value is -3.70. The number of alkyl carbamates (subject to hydrolysis) is 1. The second-order valence-corrected chi connectivity index (χ2v) is 6.80. The van der Waals surface area contributed by atoms with Gasteiger partial charge in [-0.2, -0.15) is 0 Å². The number of primary amides is 1. The summed E-state index contributed by atoms with van der Waals surface area (Å²) in [7, 11) is 1.29. The predicted octanol–water partition coefficient (Wildman–Crippen LogP) is 0.634. The number of phenols is 1. The van der Waals surface area contributed by atoms with E-state index in [9.17, 15) is 19.8 Å². The molecule has 0 aliphatic heterocycles. The molecule has 180 valence electrons. The minimum Gasteiger partial charge on any atom is -0.507 e. The Bertz CT molecular complexity index is 892. The normalized spacial score (nSPS) is 11.3. The van der Waals surface area contributed by atoms with E-state index in [2.05, 4.69) is 15.4 Å². The quantitative estimate of drug-likeness (QED) is 0.253. The number of benzene rings is 2. The van der Waals surface area contributed by atoms with Crippen molar-refractivity contribution in [3.05, 3.63) is 48.0 Å². The zero-order valence-corrected chi connectivity index (χ0v) is 18.3. The molecule has 0 spiro atoms. The number of methoxy groups -OCH3 is 1. The lowest BCUT2D eigenvalue weighted by atomic mass is 10.2. The number of nitrogens with one attached hydrogen (secondary N) is 2. The molecule has 0 aliphatic rings. The summed E-state index contributed by atoms with van der Waals surface area (Å²) >= 11 is 0. The van der Waals surface area contributed by atoms with Crippen molar-refractivity contribution < 1.29 is 38.7 Å². The number of nitrogens with two attached hydrogens (primary N) is 1. The summed E-state index contributed by atoms with van der Waals surface area (Å²) in [6, 6.07) is 11.1. The van der Waals surface area contributed by atoms with E-state index in [1.54, 1.807) is 24.3 Å². The van der Waals surface area contributed by atoms with E-state index in [0.717, 1.165) is 0 Å². The van der Waals surface area contributed by atoms with Crippen molar-refractivity contribution in [2.24, 2.45) is 5.73 Å². The third-order valence-electron chi connectivity index (χ3n) is 4.25. The molecule has 0 bridgehead atoms. The molecule has 0 saturated heterocycles.